The van der Waals surface area contributed by atoms with Gasteiger partial charge in [-0.05, 0) is 40.2 Å². The highest BCUT2D eigenvalue weighted by atomic mass is 16.2. The molecule has 0 saturated carbocycles. The van der Waals surface area contributed by atoms with Gasteiger partial charge in [0.2, 0.25) is 5.91 Å². The predicted molar refractivity (Wildman–Crippen MR) is 64.8 cm³/mol. The maximum Gasteiger partial charge on any atom is 0.242 e. The fourth-order valence-electron chi connectivity index (χ4n) is 1.59. The first-order valence-corrected chi connectivity index (χ1v) is 5.68. The van der Waals surface area contributed by atoms with Crippen LogP contribution in [0.4, 0.5) is 0 Å². The number of hydrogen-bond acceptors (Lipinski definition) is 2. The van der Waals surface area contributed by atoms with E-state index in [0.29, 0.717) is 12.0 Å². The van der Waals surface area contributed by atoms with E-state index in [1.54, 1.807) is 0 Å². The highest BCUT2D eigenvalue weighted by Crippen LogP contribution is 2.14. The van der Waals surface area contributed by atoms with Gasteiger partial charge >= 0.3 is 0 Å². The maximum absolute atomic E-state index is 12.1. The molecule has 3 heteroatoms. The number of likely N-dealkylation sites (N-methyl/N-ethyl adjacent to an activating group) is 2. The van der Waals surface area contributed by atoms with Crippen LogP contribution < -0.4 is 5.32 Å². The SMILES string of the molecule is CNC(C)(C)C(=O)N(C)C(C)CC(C)C. The van der Waals surface area contributed by atoms with Crippen LogP contribution in [0.25, 0.3) is 0 Å². The highest BCUT2D eigenvalue weighted by Gasteiger charge is 2.30. The molecule has 3 nitrogen and oxygen atoms in total. The van der Waals surface area contributed by atoms with Crippen LogP contribution in [0.5, 0.6) is 0 Å². The van der Waals surface area contributed by atoms with Gasteiger partial charge in [0.1, 0.15) is 0 Å². The fourth-order valence-corrected chi connectivity index (χ4v) is 1.59. The molecule has 0 bridgehead atoms. The van der Waals surface area contributed by atoms with Crippen LogP contribution in [0.2, 0.25) is 0 Å². The lowest BCUT2D eigenvalue weighted by Crippen LogP contribution is -2.53. The molecule has 0 spiro atoms. The van der Waals surface area contributed by atoms with Gasteiger partial charge in [-0.2, -0.15) is 0 Å². The number of carbonyl (C=O) groups is 1. The minimum absolute atomic E-state index is 0.151. The minimum atomic E-state index is -0.472. The first-order chi connectivity index (χ1) is 6.72. The number of hydrogen-bond donors (Lipinski definition) is 1. The van der Waals surface area contributed by atoms with Gasteiger partial charge in [-0.1, -0.05) is 13.8 Å². The number of nitrogens with one attached hydrogen (secondary N) is 1. The molecule has 1 amide bonds. The molecular weight excluding hydrogens is 188 g/mol. The van der Waals surface area contributed by atoms with E-state index in [1.165, 1.54) is 0 Å². The minimum Gasteiger partial charge on any atom is -0.341 e. The first kappa shape index (κ1) is 14.4. The molecule has 0 aromatic rings. The Morgan fingerprint density at radius 2 is 1.80 bits per heavy atom. The topological polar surface area (TPSA) is 32.3 Å². The molecule has 0 fully saturated rings. The highest BCUT2D eigenvalue weighted by molar-refractivity contribution is 5.85. The molecule has 1 atom stereocenters. The molecule has 0 saturated heterocycles. The van der Waals surface area contributed by atoms with E-state index in [2.05, 4.69) is 26.1 Å². The van der Waals surface area contributed by atoms with Gasteiger partial charge < -0.3 is 10.2 Å². The Labute approximate surface area is 94.2 Å². The monoisotopic (exact) mass is 214 g/mol. The van der Waals surface area contributed by atoms with Crippen molar-refractivity contribution in [3.63, 3.8) is 0 Å². The quantitative estimate of drug-likeness (QED) is 0.758. The van der Waals surface area contributed by atoms with Crippen LogP contribution in [-0.2, 0) is 4.79 Å². The van der Waals surface area contributed by atoms with Gasteiger partial charge in [0.15, 0.2) is 0 Å². The summed E-state index contributed by atoms with van der Waals surface area (Å²) >= 11 is 0. The predicted octanol–water partition coefficient (Wildman–Crippen LogP) is 1.88. The molecule has 15 heavy (non-hydrogen) atoms. The summed E-state index contributed by atoms with van der Waals surface area (Å²) < 4.78 is 0. The number of rotatable bonds is 5. The summed E-state index contributed by atoms with van der Waals surface area (Å²) in [4.78, 5) is 13.9. The van der Waals surface area contributed by atoms with Gasteiger partial charge in [0, 0.05) is 13.1 Å². The van der Waals surface area contributed by atoms with Crippen LogP contribution >= 0.6 is 0 Å². The average molecular weight is 214 g/mol. The lowest BCUT2D eigenvalue weighted by Gasteiger charge is -2.33. The molecule has 1 N–H and O–H groups in total. The Balaban J connectivity index is 4.44. The van der Waals surface area contributed by atoms with Crippen molar-refractivity contribution in [3.05, 3.63) is 0 Å². The summed E-state index contributed by atoms with van der Waals surface area (Å²) in [5.74, 6) is 0.770. The summed E-state index contributed by atoms with van der Waals surface area (Å²) in [5, 5.41) is 3.04. The van der Waals surface area contributed by atoms with Crippen molar-refractivity contribution in [1.29, 1.82) is 0 Å². The normalized spacial score (nSPS) is 14.1. The van der Waals surface area contributed by atoms with E-state index in [-0.39, 0.29) is 5.91 Å². The van der Waals surface area contributed by atoms with Crippen molar-refractivity contribution >= 4 is 5.91 Å². The van der Waals surface area contributed by atoms with Crippen LogP contribution in [0, 0.1) is 5.92 Å². The van der Waals surface area contributed by atoms with E-state index < -0.39 is 5.54 Å². The van der Waals surface area contributed by atoms with Gasteiger partial charge in [0.25, 0.3) is 0 Å². The number of amides is 1. The summed E-state index contributed by atoms with van der Waals surface area (Å²) in [6, 6.07) is 0.296. The van der Waals surface area contributed by atoms with E-state index in [1.807, 2.05) is 32.8 Å². The van der Waals surface area contributed by atoms with Gasteiger partial charge in [-0.25, -0.2) is 0 Å². The first-order valence-electron chi connectivity index (χ1n) is 5.68. The zero-order chi connectivity index (χ0) is 12.2. The molecule has 0 aromatic heterocycles. The fraction of sp³-hybridized carbons (Fsp3) is 0.917. The Kier molecular flexibility index (Phi) is 5.29. The lowest BCUT2D eigenvalue weighted by atomic mass is 10.00. The molecule has 90 valence electrons. The third kappa shape index (κ3) is 4.20. The van der Waals surface area contributed by atoms with Crippen molar-refractivity contribution < 1.29 is 4.79 Å². The lowest BCUT2D eigenvalue weighted by molar-refractivity contribution is -0.137. The summed E-state index contributed by atoms with van der Waals surface area (Å²) in [5.41, 5.74) is -0.472. The number of carbonyl (C=O) groups excluding carboxylic acids is 1. The van der Waals surface area contributed by atoms with Crippen LogP contribution in [0.15, 0.2) is 0 Å². The van der Waals surface area contributed by atoms with Crippen molar-refractivity contribution in [2.75, 3.05) is 14.1 Å². The van der Waals surface area contributed by atoms with Gasteiger partial charge in [0.05, 0.1) is 5.54 Å². The zero-order valence-electron chi connectivity index (χ0n) is 11.2. The third-order valence-corrected chi connectivity index (χ3v) is 2.95. The molecule has 0 radical (unpaired) electrons. The van der Waals surface area contributed by atoms with E-state index in [4.69, 9.17) is 0 Å². The molecule has 0 aromatic carbocycles. The summed E-state index contributed by atoms with van der Waals surface area (Å²) in [7, 11) is 3.70. The molecule has 1 unspecified atom stereocenters. The van der Waals surface area contributed by atoms with E-state index >= 15 is 0 Å². The Morgan fingerprint density at radius 3 is 2.13 bits per heavy atom. The molecule has 0 aliphatic rings. The molecular formula is C12H26N2O. The molecule has 0 heterocycles. The number of nitrogens with zero attached hydrogens (tertiary/aromatic N) is 1. The Morgan fingerprint density at radius 1 is 1.33 bits per heavy atom. The van der Waals surface area contributed by atoms with Gasteiger partial charge in [-0.3, -0.25) is 4.79 Å². The van der Waals surface area contributed by atoms with Crippen molar-refractivity contribution in [1.82, 2.24) is 10.2 Å². The molecule has 0 rings (SSSR count). The second-order valence-corrected chi connectivity index (χ2v) is 5.27. The standard InChI is InChI=1S/C12H26N2O/c1-9(2)8-10(3)14(7)11(15)12(4,5)13-6/h9-10,13H,8H2,1-7H3. The third-order valence-electron chi connectivity index (χ3n) is 2.95. The molecule has 0 aliphatic carbocycles. The van der Waals surface area contributed by atoms with E-state index in [9.17, 15) is 4.79 Å². The largest absolute Gasteiger partial charge is 0.341 e. The smallest absolute Gasteiger partial charge is 0.242 e. The Hall–Kier alpha value is -0.570. The van der Waals surface area contributed by atoms with E-state index in [0.717, 1.165) is 6.42 Å². The van der Waals surface area contributed by atoms with Crippen molar-refractivity contribution in [3.8, 4) is 0 Å². The second kappa shape index (κ2) is 5.50. The summed E-state index contributed by atoms with van der Waals surface area (Å²) in [6.07, 6.45) is 1.04. The van der Waals surface area contributed by atoms with Crippen LogP contribution in [-0.4, -0.2) is 36.5 Å². The zero-order valence-corrected chi connectivity index (χ0v) is 11.2. The maximum atomic E-state index is 12.1. The Bertz CT molecular complexity index is 212. The average Bonchev–Trinajstić information content (AvgIpc) is 2.14. The van der Waals surface area contributed by atoms with Crippen molar-refractivity contribution in [2.45, 2.75) is 52.6 Å². The second-order valence-electron chi connectivity index (χ2n) is 5.27. The van der Waals surface area contributed by atoms with Crippen LogP contribution in [0.1, 0.15) is 41.0 Å². The van der Waals surface area contributed by atoms with Crippen LogP contribution in [0.3, 0.4) is 0 Å². The van der Waals surface area contributed by atoms with Crippen molar-refractivity contribution in [2.24, 2.45) is 5.92 Å². The summed E-state index contributed by atoms with van der Waals surface area (Å²) in [6.45, 7) is 10.3. The molecule has 0 aliphatic heterocycles. The van der Waals surface area contributed by atoms with Gasteiger partial charge in [-0.15, -0.1) is 0 Å².